The lowest BCUT2D eigenvalue weighted by molar-refractivity contribution is -0.116. The number of nitrogens with one attached hydrogen (secondary N) is 1. The Labute approximate surface area is 159 Å². The summed E-state index contributed by atoms with van der Waals surface area (Å²) in [4.78, 5) is 16.8. The lowest BCUT2D eigenvalue weighted by atomic mass is 9.89. The third kappa shape index (κ3) is 3.00. The zero-order valence-corrected chi connectivity index (χ0v) is 15.0. The Morgan fingerprint density at radius 3 is 2.89 bits per heavy atom. The van der Waals surface area contributed by atoms with E-state index < -0.39 is 5.82 Å². The maximum atomic E-state index is 13.5. The van der Waals surface area contributed by atoms with Crippen molar-refractivity contribution in [1.29, 1.82) is 0 Å². The number of imidazole rings is 1. The van der Waals surface area contributed by atoms with Crippen molar-refractivity contribution in [2.45, 2.75) is 12.3 Å². The summed E-state index contributed by atoms with van der Waals surface area (Å²) in [5.41, 5.74) is 2.05. The van der Waals surface area contributed by atoms with Crippen molar-refractivity contribution in [3.8, 4) is 17.2 Å². The zero-order chi connectivity index (χ0) is 19.1. The first-order valence-corrected chi connectivity index (χ1v) is 8.55. The van der Waals surface area contributed by atoms with Crippen LogP contribution in [-0.2, 0) is 4.79 Å². The van der Waals surface area contributed by atoms with Gasteiger partial charge in [0.05, 0.1) is 23.5 Å². The summed E-state index contributed by atoms with van der Waals surface area (Å²) >= 11 is 5.88. The highest BCUT2D eigenvalue weighted by molar-refractivity contribution is 6.30. The number of hydrogen-bond donors (Lipinski definition) is 2. The van der Waals surface area contributed by atoms with Crippen LogP contribution < -0.4 is 10.1 Å². The van der Waals surface area contributed by atoms with Gasteiger partial charge in [-0.2, -0.15) is 0 Å². The summed E-state index contributed by atoms with van der Waals surface area (Å²) < 4.78 is 20.3. The molecule has 0 saturated carbocycles. The number of rotatable bonds is 3. The van der Waals surface area contributed by atoms with Gasteiger partial charge < -0.3 is 15.2 Å². The summed E-state index contributed by atoms with van der Waals surface area (Å²) in [5, 5.41) is 12.6. The molecule has 0 fully saturated rings. The molecule has 27 heavy (non-hydrogen) atoms. The Kier molecular flexibility index (Phi) is 4.24. The van der Waals surface area contributed by atoms with Crippen LogP contribution >= 0.6 is 11.6 Å². The van der Waals surface area contributed by atoms with Crippen LogP contribution in [0, 0.1) is 5.82 Å². The van der Waals surface area contributed by atoms with Gasteiger partial charge in [-0.15, -0.1) is 0 Å². The van der Waals surface area contributed by atoms with Gasteiger partial charge >= 0.3 is 0 Å². The molecule has 0 spiro atoms. The van der Waals surface area contributed by atoms with Gasteiger partial charge in [-0.1, -0.05) is 17.7 Å². The third-order valence-corrected chi connectivity index (χ3v) is 4.85. The number of nitrogens with zero attached hydrogens (tertiary/aromatic N) is 2. The number of methoxy groups -OCH3 is 1. The molecule has 4 rings (SSSR count). The fourth-order valence-electron chi connectivity index (χ4n) is 3.22. The molecule has 1 aromatic heterocycles. The standard InChI is InChI=1S/C19H15ClFN3O3/c1-27-16-6-10(2-5-15(16)25)12-8-17(26)23-19-18(12)22-9-24(19)11-3-4-14(21)13(20)7-11/h2-7,9,12,25H,8H2,1H3,(H,23,26). The van der Waals surface area contributed by atoms with E-state index in [1.165, 1.54) is 25.3 Å². The molecule has 1 unspecified atom stereocenters. The van der Waals surface area contributed by atoms with Crippen molar-refractivity contribution in [3.05, 3.63) is 64.8 Å². The normalized spacial score (nSPS) is 16.0. The van der Waals surface area contributed by atoms with Crippen molar-refractivity contribution >= 4 is 23.3 Å². The number of phenolic OH excluding ortho intramolecular Hbond substituents is 1. The second-order valence-corrected chi connectivity index (χ2v) is 6.59. The molecule has 3 aromatic rings. The van der Waals surface area contributed by atoms with Gasteiger partial charge in [0.25, 0.3) is 0 Å². The SMILES string of the molecule is COc1cc(C2CC(=O)Nc3c2ncn3-c2ccc(F)c(Cl)c2)ccc1O. The molecular formula is C19H15ClFN3O3. The number of halogens is 2. The van der Waals surface area contributed by atoms with Crippen LogP contribution in [0.3, 0.4) is 0 Å². The number of aromatic hydroxyl groups is 1. The highest BCUT2D eigenvalue weighted by Gasteiger charge is 2.31. The molecule has 1 aliphatic rings. The van der Waals surface area contributed by atoms with E-state index in [1.807, 2.05) is 0 Å². The van der Waals surface area contributed by atoms with Gasteiger partial charge in [0.2, 0.25) is 5.91 Å². The average molecular weight is 388 g/mol. The van der Waals surface area contributed by atoms with Crippen LogP contribution in [0.2, 0.25) is 5.02 Å². The van der Waals surface area contributed by atoms with Gasteiger partial charge in [0.1, 0.15) is 18.0 Å². The van der Waals surface area contributed by atoms with E-state index in [9.17, 15) is 14.3 Å². The topological polar surface area (TPSA) is 76.4 Å². The predicted octanol–water partition coefficient (Wildman–Crippen LogP) is 3.85. The molecular weight excluding hydrogens is 373 g/mol. The van der Waals surface area contributed by atoms with Gasteiger partial charge in [0, 0.05) is 12.3 Å². The van der Waals surface area contributed by atoms with Gasteiger partial charge in [-0.3, -0.25) is 9.36 Å². The molecule has 0 aliphatic carbocycles. The number of amides is 1. The summed E-state index contributed by atoms with van der Waals surface area (Å²) in [6.07, 6.45) is 1.77. The number of fused-ring (bicyclic) bond motifs is 1. The second-order valence-electron chi connectivity index (χ2n) is 6.18. The van der Waals surface area contributed by atoms with Gasteiger partial charge in [-0.25, -0.2) is 9.37 Å². The number of benzene rings is 2. The van der Waals surface area contributed by atoms with E-state index >= 15 is 0 Å². The minimum Gasteiger partial charge on any atom is -0.504 e. The monoisotopic (exact) mass is 387 g/mol. The third-order valence-electron chi connectivity index (χ3n) is 4.56. The van der Waals surface area contributed by atoms with Crippen molar-refractivity contribution in [2.75, 3.05) is 12.4 Å². The average Bonchev–Trinajstić information content (AvgIpc) is 3.07. The summed E-state index contributed by atoms with van der Waals surface area (Å²) in [7, 11) is 1.46. The van der Waals surface area contributed by atoms with Crippen LogP contribution in [0.15, 0.2) is 42.7 Å². The van der Waals surface area contributed by atoms with Gasteiger partial charge in [-0.05, 0) is 35.9 Å². The molecule has 8 heteroatoms. The number of ether oxygens (including phenoxy) is 1. The number of carbonyl (C=O) groups is 1. The van der Waals surface area contributed by atoms with E-state index in [1.54, 1.807) is 29.1 Å². The molecule has 1 amide bonds. The first-order chi connectivity index (χ1) is 13.0. The number of phenols is 1. The molecule has 0 radical (unpaired) electrons. The largest absolute Gasteiger partial charge is 0.504 e. The Balaban J connectivity index is 1.81. The predicted molar refractivity (Wildman–Crippen MR) is 98.3 cm³/mol. The number of hydrogen-bond acceptors (Lipinski definition) is 4. The molecule has 6 nitrogen and oxygen atoms in total. The van der Waals surface area contributed by atoms with E-state index in [0.29, 0.717) is 22.9 Å². The highest BCUT2D eigenvalue weighted by atomic mass is 35.5. The maximum absolute atomic E-state index is 13.5. The number of aromatic nitrogens is 2. The lowest BCUT2D eigenvalue weighted by Crippen LogP contribution is -2.24. The van der Waals surface area contributed by atoms with Crippen LogP contribution in [0.5, 0.6) is 11.5 Å². The summed E-state index contributed by atoms with van der Waals surface area (Å²) in [5.74, 6) is -0.147. The zero-order valence-electron chi connectivity index (χ0n) is 14.2. The first kappa shape index (κ1) is 17.4. The van der Waals surface area contributed by atoms with Crippen LogP contribution in [-0.4, -0.2) is 27.7 Å². The molecule has 2 heterocycles. The summed E-state index contributed by atoms with van der Waals surface area (Å²) in [6, 6.07) is 9.24. The molecule has 0 saturated heterocycles. The highest BCUT2D eigenvalue weighted by Crippen LogP contribution is 2.40. The molecule has 0 bridgehead atoms. The Morgan fingerprint density at radius 2 is 2.15 bits per heavy atom. The van der Waals surface area contributed by atoms with E-state index in [2.05, 4.69) is 10.3 Å². The van der Waals surface area contributed by atoms with Crippen molar-refractivity contribution in [2.24, 2.45) is 0 Å². The van der Waals surface area contributed by atoms with Gasteiger partial charge in [0.15, 0.2) is 11.5 Å². The molecule has 1 aliphatic heterocycles. The lowest BCUT2D eigenvalue weighted by Gasteiger charge is -2.24. The Bertz CT molecular complexity index is 1050. The molecule has 138 valence electrons. The molecule has 2 aromatic carbocycles. The number of anilines is 1. The van der Waals surface area contributed by atoms with Crippen molar-refractivity contribution < 1.29 is 19.0 Å². The minimum absolute atomic E-state index is 0.0168. The van der Waals surface area contributed by atoms with Crippen LogP contribution in [0.1, 0.15) is 23.6 Å². The van der Waals surface area contributed by atoms with E-state index in [0.717, 1.165) is 5.56 Å². The quantitative estimate of drug-likeness (QED) is 0.715. The van der Waals surface area contributed by atoms with E-state index in [-0.39, 0.29) is 29.0 Å². The van der Waals surface area contributed by atoms with Crippen LogP contribution in [0.4, 0.5) is 10.2 Å². The fourth-order valence-corrected chi connectivity index (χ4v) is 3.40. The van der Waals surface area contributed by atoms with Crippen LogP contribution in [0.25, 0.3) is 5.69 Å². The molecule has 2 N–H and O–H groups in total. The smallest absolute Gasteiger partial charge is 0.226 e. The summed E-state index contributed by atoms with van der Waals surface area (Å²) in [6.45, 7) is 0. The second kappa shape index (κ2) is 6.59. The molecule has 1 atom stereocenters. The fraction of sp³-hybridized carbons (Fsp3) is 0.158. The minimum atomic E-state index is -0.521. The maximum Gasteiger partial charge on any atom is 0.226 e. The Hall–Kier alpha value is -3.06. The van der Waals surface area contributed by atoms with Crippen molar-refractivity contribution in [3.63, 3.8) is 0 Å². The number of carbonyl (C=O) groups excluding carboxylic acids is 1. The Morgan fingerprint density at radius 1 is 1.33 bits per heavy atom. The first-order valence-electron chi connectivity index (χ1n) is 8.17. The van der Waals surface area contributed by atoms with Crippen molar-refractivity contribution in [1.82, 2.24) is 9.55 Å². The van der Waals surface area contributed by atoms with E-state index in [4.69, 9.17) is 16.3 Å².